The minimum absolute atomic E-state index is 0.0133. The Balaban J connectivity index is 1.64. The summed E-state index contributed by atoms with van der Waals surface area (Å²) in [5.74, 6) is -1.13. The Kier molecular flexibility index (Phi) is 2.88. The van der Waals surface area contributed by atoms with Gasteiger partial charge in [-0.1, -0.05) is 19.1 Å². The van der Waals surface area contributed by atoms with Gasteiger partial charge in [0.15, 0.2) is 0 Å². The molecule has 98 valence electrons. The standard InChI is InChI=1S/C14H17FO3/c1-13-8-16-14(17-9-13,18-10-13)6-5-11-3-2-4-12(15)7-11/h2-4,7H,5-6,8-10H2,1H3. The van der Waals surface area contributed by atoms with Gasteiger partial charge in [-0.15, -0.1) is 0 Å². The van der Waals surface area contributed by atoms with Gasteiger partial charge in [-0.25, -0.2) is 4.39 Å². The first kappa shape index (κ1) is 12.1. The van der Waals surface area contributed by atoms with Crippen LogP contribution < -0.4 is 0 Å². The highest BCUT2D eigenvalue weighted by molar-refractivity contribution is 5.16. The van der Waals surface area contributed by atoms with Gasteiger partial charge in [0, 0.05) is 11.8 Å². The van der Waals surface area contributed by atoms with Crippen molar-refractivity contribution in [3.05, 3.63) is 35.6 Å². The van der Waals surface area contributed by atoms with Crippen molar-refractivity contribution >= 4 is 0 Å². The van der Waals surface area contributed by atoms with Crippen LogP contribution in [-0.4, -0.2) is 25.8 Å². The lowest BCUT2D eigenvalue weighted by molar-refractivity contribution is -0.467. The van der Waals surface area contributed by atoms with E-state index in [1.165, 1.54) is 12.1 Å². The quantitative estimate of drug-likeness (QED) is 0.827. The fourth-order valence-electron chi connectivity index (χ4n) is 2.31. The molecule has 3 saturated heterocycles. The summed E-state index contributed by atoms with van der Waals surface area (Å²) in [6.45, 7) is 4.07. The van der Waals surface area contributed by atoms with E-state index < -0.39 is 5.97 Å². The number of benzene rings is 1. The maximum absolute atomic E-state index is 13.1. The molecule has 3 heterocycles. The average Bonchev–Trinajstić information content (AvgIpc) is 2.39. The van der Waals surface area contributed by atoms with Crippen LogP contribution in [0, 0.1) is 11.2 Å². The van der Waals surface area contributed by atoms with E-state index >= 15 is 0 Å². The Labute approximate surface area is 106 Å². The Morgan fingerprint density at radius 3 is 2.44 bits per heavy atom. The van der Waals surface area contributed by atoms with Gasteiger partial charge in [0.1, 0.15) is 5.82 Å². The van der Waals surface area contributed by atoms with Crippen molar-refractivity contribution in [2.45, 2.75) is 25.7 Å². The molecule has 1 aromatic rings. The molecule has 4 rings (SSSR count). The van der Waals surface area contributed by atoms with Crippen molar-refractivity contribution in [3.63, 3.8) is 0 Å². The van der Waals surface area contributed by atoms with Crippen LogP contribution in [0.3, 0.4) is 0 Å². The van der Waals surface area contributed by atoms with E-state index in [-0.39, 0.29) is 11.2 Å². The predicted molar refractivity (Wildman–Crippen MR) is 63.4 cm³/mol. The highest BCUT2D eigenvalue weighted by atomic mass is 19.1. The van der Waals surface area contributed by atoms with Crippen molar-refractivity contribution in [3.8, 4) is 0 Å². The minimum atomic E-state index is -0.913. The topological polar surface area (TPSA) is 27.7 Å². The van der Waals surface area contributed by atoms with Gasteiger partial charge in [0.25, 0.3) is 5.97 Å². The Bertz CT molecular complexity index is 422. The summed E-state index contributed by atoms with van der Waals surface area (Å²) in [6, 6.07) is 6.59. The molecule has 2 bridgehead atoms. The van der Waals surface area contributed by atoms with Crippen molar-refractivity contribution in [2.24, 2.45) is 5.41 Å². The maximum Gasteiger partial charge on any atom is 0.283 e. The Hall–Kier alpha value is -0.970. The van der Waals surface area contributed by atoms with E-state index in [1.807, 2.05) is 6.07 Å². The van der Waals surface area contributed by atoms with E-state index in [4.69, 9.17) is 14.2 Å². The highest BCUT2D eigenvalue weighted by Gasteiger charge is 2.49. The van der Waals surface area contributed by atoms with Crippen LogP contribution >= 0.6 is 0 Å². The van der Waals surface area contributed by atoms with Crippen LogP contribution in [0.15, 0.2) is 24.3 Å². The predicted octanol–water partition coefficient (Wildman–Crippen LogP) is 2.50. The first-order valence-electron chi connectivity index (χ1n) is 6.26. The molecule has 0 N–H and O–H groups in total. The first-order valence-corrected chi connectivity index (χ1v) is 6.26. The Morgan fingerprint density at radius 1 is 1.17 bits per heavy atom. The summed E-state index contributed by atoms with van der Waals surface area (Å²) >= 11 is 0. The summed E-state index contributed by atoms with van der Waals surface area (Å²) < 4.78 is 30.1. The van der Waals surface area contributed by atoms with Crippen molar-refractivity contribution in [1.82, 2.24) is 0 Å². The molecule has 0 unspecified atom stereocenters. The van der Waals surface area contributed by atoms with Crippen molar-refractivity contribution < 1.29 is 18.6 Å². The SMILES string of the molecule is CC12COC(CCc3cccc(F)c3)(OC1)OC2. The number of hydrogen-bond donors (Lipinski definition) is 0. The normalized spacial score (nSPS) is 34.8. The van der Waals surface area contributed by atoms with Gasteiger partial charge in [0.2, 0.25) is 0 Å². The van der Waals surface area contributed by atoms with Crippen LogP contribution in [0.2, 0.25) is 0 Å². The van der Waals surface area contributed by atoms with Gasteiger partial charge in [-0.2, -0.15) is 0 Å². The monoisotopic (exact) mass is 252 g/mol. The molecule has 3 aliphatic rings. The van der Waals surface area contributed by atoms with Crippen LogP contribution in [0.1, 0.15) is 18.9 Å². The summed E-state index contributed by atoms with van der Waals surface area (Å²) in [7, 11) is 0. The average molecular weight is 252 g/mol. The van der Waals surface area contributed by atoms with Gasteiger partial charge in [-0.05, 0) is 24.1 Å². The molecule has 0 aromatic heterocycles. The van der Waals surface area contributed by atoms with Crippen LogP contribution in [0.5, 0.6) is 0 Å². The molecule has 0 radical (unpaired) electrons. The smallest absolute Gasteiger partial charge is 0.283 e. The lowest BCUT2D eigenvalue weighted by Gasteiger charge is -2.50. The number of halogens is 1. The second-order valence-electron chi connectivity index (χ2n) is 5.49. The van der Waals surface area contributed by atoms with Crippen molar-refractivity contribution in [1.29, 1.82) is 0 Å². The van der Waals surface area contributed by atoms with Crippen molar-refractivity contribution in [2.75, 3.05) is 19.8 Å². The number of hydrogen-bond acceptors (Lipinski definition) is 3. The van der Waals surface area contributed by atoms with E-state index in [2.05, 4.69) is 6.92 Å². The molecule has 0 aliphatic carbocycles. The molecule has 0 saturated carbocycles. The molecule has 3 nitrogen and oxygen atoms in total. The molecule has 18 heavy (non-hydrogen) atoms. The largest absolute Gasteiger partial charge is 0.327 e. The number of aryl methyl sites for hydroxylation is 1. The second-order valence-corrected chi connectivity index (χ2v) is 5.49. The van der Waals surface area contributed by atoms with E-state index in [9.17, 15) is 4.39 Å². The zero-order chi connectivity index (χ0) is 12.6. The fraction of sp³-hybridized carbons (Fsp3) is 0.571. The molecule has 0 amide bonds. The third kappa shape index (κ3) is 2.28. The lowest BCUT2D eigenvalue weighted by Crippen LogP contribution is -2.59. The third-order valence-electron chi connectivity index (χ3n) is 3.53. The van der Waals surface area contributed by atoms with Gasteiger partial charge in [-0.3, -0.25) is 0 Å². The molecule has 1 aromatic carbocycles. The molecular weight excluding hydrogens is 235 g/mol. The molecule has 0 atom stereocenters. The van der Waals surface area contributed by atoms with Crippen LogP contribution in [-0.2, 0) is 20.6 Å². The number of fused-ring (bicyclic) bond motifs is 3. The molecule has 0 spiro atoms. The summed E-state index contributed by atoms with van der Waals surface area (Å²) in [6.07, 6.45) is 1.26. The Morgan fingerprint density at radius 2 is 1.83 bits per heavy atom. The zero-order valence-electron chi connectivity index (χ0n) is 10.4. The van der Waals surface area contributed by atoms with Gasteiger partial charge >= 0.3 is 0 Å². The molecule has 3 aliphatic heterocycles. The lowest BCUT2D eigenvalue weighted by atomic mass is 9.91. The number of rotatable bonds is 3. The van der Waals surface area contributed by atoms with E-state index in [1.54, 1.807) is 6.07 Å². The molecule has 3 fully saturated rings. The maximum atomic E-state index is 13.1. The minimum Gasteiger partial charge on any atom is -0.327 e. The second kappa shape index (κ2) is 4.30. The summed E-state index contributed by atoms with van der Waals surface area (Å²) in [5, 5.41) is 0. The zero-order valence-corrected chi connectivity index (χ0v) is 10.4. The summed E-state index contributed by atoms with van der Waals surface area (Å²) in [5.41, 5.74) is 0.916. The first-order chi connectivity index (χ1) is 8.59. The highest BCUT2D eigenvalue weighted by Crippen LogP contribution is 2.40. The summed E-state index contributed by atoms with van der Waals surface area (Å²) in [4.78, 5) is 0. The van der Waals surface area contributed by atoms with Gasteiger partial charge < -0.3 is 14.2 Å². The van der Waals surface area contributed by atoms with Crippen LogP contribution in [0.25, 0.3) is 0 Å². The molecule has 4 heteroatoms. The third-order valence-corrected chi connectivity index (χ3v) is 3.53. The van der Waals surface area contributed by atoms with Crippen LogP contribution in [0.4, 0.5) is 4.39 Å². The van der Waals surface area contributed by atoms with E-state index in [0.29, 0.717) is 32.7 Å². The molecular formula is C14H17FO3. The van der Waals surface area contributed by atoms with Gasteiger partial charge in [0.05, 0.1) is 19.8 Å². The fourth-order valence-corrected chi connectivity index (χ4v) is 2.31. The number of ether oxygens (including phenoxy) is 3. The van der Waals surface area contributed by atoms with E-state index in [0.717, 1.165) is 5.56 Å².